The topological polar surface area (TPSA) is 26.3 Å². The van der Waals surface area contributed by atoms with Crippen molar-refractivity contribution in [2.75, 3.05) is 0 Å². The van der Waals surface area contributed by atoms with E-state index in [2.05, 4.69) is 13.8 Å². The molecule has 38 heavy (non-hydrogen) atoms. The summed E-state index contributed by atoms with van der Waals surface area (Å²) in [7, 11) is 0. The fourth-order valence-electron chi connectivity index (χ4n) is 4.90. The van der Waals surface area contributed by atoms with E-state index in [9.17, 15) is 13.6 Å². The second-order valence-corrected chi connectivity index (χ2v) is 10.7. The summed E-state index contributed by atoms with van der Waals surface area (Å²) in [6, 6.07) is 10.1. The lowest BCUT2D eigenvalue weighted by atomic mass is 10.0. The Balaban J connectivity index is 1.71. The summed E-state index contributed by atoms with van der Waals surface area (Å²) in [4.78, 5) is 12.5. The highest BCUT2D eigenvalue weighted by Crippen LogP contribution is 2.25. The Kier molecular flexibility index (Phi) is 16.7. The smallest absolute Gasteiger partial charge is 0.343 e. The highest BCUT2D eigenvalue weighted by Gasteiger charge is 2.18. The van der Waals surface area contributed by atoms with Crippen molar-refractivity contribution in [2.45, 2.75) is 136 Å². The van der Waals surface area contributed by atoms with E-state index in [0.29, 0.717) is 17.5 Å². The predicted molar refractivity (Wildman–Crippen MR) is 155 cm³/mol. The van der Waals surface area contributed by atoms with Crippen molar-refractivity contribution in [2.24, 2.45) is 0 Å². The lowest BCUT2D eigenvalue weighted by Crippen LogP contribution is -2.11. The highest BCUT2D eigenvalue weighted by molar-refractivity contribution is 5.91. The van der Waals surface area contributed by atoms with Crippen molar-refractivity contribution in [1.29, 1.82) is 0 Å². The molecule has 0 saturated carbocycles. The molecule has 212 valence electrons. The van der Waals surface area contributed by atoms with Gasteiger partial charge in [0.15, 0.2) is 11.6 Å². The van der Waals surface area contributed by atoms with Crippen LogP contribution in [0.15, 0.2) is 36.4 Å². The van der Waals surface area contributed by atoms with Crippen LogP contribution in [0.4, 0.5) is 8.78 Å². The van der Waals surface area contributed by atoms with Gasteiger partial charge in [0.1, 0.15) is 0 Å². The number of carbonyl (C=O) groups excluding carboxylic acids is 1. The van der Waals surface area contributed by atoms with Gasteiger partial charge >= 0.3 is 5.97 Å². The lowest BCUT2D eigenvalue weighted by molar-refractivity contribution is 0.0726. The standard InChI is InChI=1S/C34H50F2O2/c1-3-5-7-9-11-12-13-15-17-19-21-29-26-27-31(33(36)32(29)35)38-34(37)30-24-22-28(23-25-30)20-18-16-14-10-8-6-4-2/h22-27H,3-21H2,1-2H3. The Hall–Kier alpha value is -2.23. The maximum absolute atomic E-state index is 14.6. The molecule has 0 unspecified atom stereocenters. The molecule has 0 aliphatic heterocycles. The molecule has 0 aromatic heterocycles. The van der Waals surface area contributed by atoms with E-state index in [-0.39, 0.29) is 5.75 Å². The molecule has 0 aliphatic rings. The van der Waals surface area contributed by atoms with Crippen molar-refractivity contribution < 1.29 is 18.3 Å². The molecule has 2 nitrogen and oxygen atoms in total. The SMILES string of the molecule is CCCCCCCCCCCCc1ccc(OC(=O)c2ccc(CCCCCCCCC)cc2)c(F)c1F. The first-order chi connectivity index (χ1) is 18.6. The molecule has 0 amide bonds. The van der Waals surface area contributed by atoms with Crippen molar-refractivity contribution in [3.05, 3.63) is 64.7 Å². The third-order valence-electron chi connectivity index (χ3n) is 7.39. The van der Waals surface area contributed by atoms with Crippen LogP contribution in [0.5, 0.6) is 5.75 Å². The van der Waals surface area contributed by atoms with Crippen LogP contribution in [-0.2, 0) is 12.8 Å². The zero-order valence-corrected chi connectivity index (χ0v) is 24.0. The number of ether oxygens (including phenoxy) is 1. The summed E-state index contributed by atoms with van der Waals surface area (Å²) in [5.74, 6) is -3.02. The third kappa shape index (κ3) is 12.5. The molecule has 0 aliphatic carbocycles. The summed E-state index contributed by atoms with van der Waals surface area (Å²) >= 11 is 0. The molecule has 0 atom stereocenters. The van der Waals surface area contributed by atoms with Gasteiger partial charge in [-0.1, -0.05) is 128 Å². The number of esters is 1. The zero-order chi connectivity index (χ0) is 27.4. The van der Waals surface area contributed by atoms with Gasteiger partial charge in [0.25, 0.3) is 0 Å². The van der Waals surface area contributed by atoms with Crippen molar-refractivity contribution in [3.8, 4) is 5.75 Å². The summed E-state index contributed by atoms with van der Waals surface area (Å²) in [6.07, 6.45) is 22.3. The molecule has 0 heterocycles. The molecular weight excluding hydrogens is 478 g/mol. The van der Waals surface area contributed by atoms with Gasteiger partial charge in [-0.15, -0.1) is 0 Å². The van der Waals surface area contributed by atoms with Gasteiger partial charge < -0.3 is 4.74 Å². The van der Waals surface area contributed by atoms with Crippen LogP contribution in [0.1, 0.15) is 144 Å². The van der Waals surface area contributed by atoms with Crippen LogP contribution >= 0.6 is 0 Å². The minimum Gasteiger partial charge on any atom is -0.420 e. The van der Waals surface area contributed by atoms with Crippen LogP contribution in [-0.4, -0.2) is 5.97 Å². The first-order valence-corrected chi connectivity index (χ1v) is 15.3. The van der Waals surface area contributed by atoms with Gasteiger partial charge in [-0.05, 0) is 55.0 Å². The van der Waals surface area contributed by atoms with Crippen LogP contribution < -0.4 is 4.74 Å². The molecule has 2 aromatic carbocycles. The maximum atomic E-state index is 14.6. The van der Waals surface area contributed by atoms with Gasteiger partial charge in [0.05, 0.1) is 5.56 Å². The van der Waals surface area contributed by atoms with Gasteiger partial charge in [0.2, 0.25) is 5.82 Å². The van der Waals surface area contributed by atoms with Gasteiger partial charge in [-0.3, -0.25) is 0 Å². The predicted octanol–water partition coefficient (Wildman–Crippen LogP) is 10.9. The molecular formula is C34H50F2O2. The van der Waals surface area contributed by atoms with Crippen molar-refractivity contribution in [1.82, 2.24) is 0 Å². The summed E-state index contributed by atoms with van der Waals surface area (Å²) in [5, 5.41) is 0. The van der Waals surface area contributed by atoms with Gasteiger partial charge in [0, 0.05) is 0 Å². The molecule has 2 rings (SSSR count). The van der Waals surface area contributed by atoms with E-state index < -0.39 is 17.6 Å². The monoisotopic (exact) mass is 528 g/mol. The first kappa shape index (κ1) is 32.0. The van der Waals surface area contributed by atoms with Crippen LogP contribution in [0.3, 0.4) is 0 Å². The Bertz CT molecular complexity index is 907. The molecule has 0 fully saturated rings. The molecule has 0 N–H and O–H groups in total. The third-order valence-corrected chi connectivity index (χ3v) is 7.39. The number of aryl methyl sites for hydroxylation is 2. The second kappa shape index (κ2) is 19.8. The van der Waals surface area contributed by atoms with Crippen LogP contribution in [0, 0.1) is 11.6 Å². The minimum atomic E-state index is -1.08. The van der Waals surface area contributed by atoms with E-state index in [1.165, 1.54) is 95.1 Å². The second-order valence-electron chi connectivity index (χ2n) is 10.7. The number of carbonyl (C=O) groups is 1. The summed E-state index contributed by atoms with van der Waals surface area (Å²) in [6.45, 7) is 4.45. The van der Waals surface area contributed by atoms with E-state index >= 15 is 0 Å². The van der Waals surface area contributed by atoms with Gasteiger partial charge in [-0.25, -0.2) is 9.18 Å². The van der Waals surface area contributed by atoms with E-state index in [0.717, 1.165) is 32.1 Å². The number of rotatable bonds is 21. The number of unbranched alkanes of at least 4 members (excludes halogenated alkanes) is 15. The Labute approximate surface area is 230 Å². The Morgan fingerprint density at radius 1 is 0.579 bits per heavy atom. The van der Waals surface area contributed by atoms with Crippen LogP contribution in [0.2, 0.25) is 0 Å². The number of halogens is 2. The maximum Gasteiger partial charge on any atom is 0.343 e. The number of benzene rings is 2. The lowest BCUT2D eigenvalue weighted by Gasteiger charge is -2.10. The normalized spacial score (nSPS) is 11.2. The zero-order valence-electron chi connectivity index (χ0n) is 24.0. The Morgan fingerprint density at radius 2 is 1.05 bits per heavy atom. The minimum absolute atomic E-state index is 0.336. The van der Waals surface area contributed by atoms with Gasteiger partial charge in [-0.2, -0.15) is 4.39 Å². The van der Waals surface area contributed by atoms with Crippen molar-refractivity contribution in [3.63, 3.8) is 0 Å². The molecule has 0 radical (unpaired) electrons. The fourth-order valence-corrected chi connectivity index (χ4v) is 4.90. The average Bonchev–Trinajstić information content (AvgIpc) is 2.93. The molecule has 0 saturated heterocycles. The summed E-state index contributed by atoms with van der Waals surface area (Å²) in [5.41, 5.74) is 1.85. The number of hydrogen-bond donors (Lipinski definition) is 0. The first-order valence-electron chi connectivity index (χ1n) is 15.3. The molecule has 0 spiro atoms. The molecule has 4 heteroatoms. The quantitative estimate of drug-likeness (QED) is 0.0915. The van der Waals surface area contributed by atoms with E-state index in [1.807, 2.05) is 12.1 Å². The number of hydrogen-bond acceptors (Lipinski definition) is 2. The fraction of sp³-hybridized carbons (Fsp3) is 0.618. The largest absolute Gasteiger partial charge is 0.420 e. The average molecular weight is 529 g/mol. The highest BCUT2D eigenvalue weighted by atomic mass is 19.2. The van der Waals surface area contributed by atoms with E-state index in [1.54, 1.807) is 18.2 Å². The molecule has 2 aromatic rings. The van der Waals surface area contributed by atoms with Crippen LogP contribution in [0.25, 0.3) is 0 Å². The summed E-state index contributed by atoms with van der Waals surface area (Å²) < 4.78 is 34.4. The van der Waals surface area contributed by atoms with Crippen molar-refractivity contribution >= 4 is 5.97 Å². The Morgan fingerprint density at radius 3 is 1.58 bits per heavy atom. The molecule has 0 bridgehead atoms. The van der Waals surface area contributed by atoms with E-state index in [4.69, 9.17) is 4.74 Å².